The van der Waals surface area contributed by atoms with Crippen LogP contribution >= 0.6 is 11.8 Å². The maximum Gasteiger partial charge on any atom is 0.120 e. The van der Waals surface area contributed by atoms with Crippen LogP contribution in [-0.2, 0) is 0 Å². The van der Waals surface area contributed by atoms with E-state index in [0.29, 0.717) is 12.1 Å². The van der Waals surface area contributed by atoms with Gasteiger partial charge in [-0.25, -0.2) is 0 Å². The lowest BCUT2D eigenvalue weighted by Crippen LogP contribution is -2.30. The average Bonchev–Trinajstić information content (AvgIpc) is 2.74. The van der Waals surface area contributed by atoms with Gasteiger partial charge in [-0.1, -0.05) is 0 Å². The normalized spacial score (nSPS) is 24.8. The van der Waals surface area contributed by atoms with Crippen LogP contribution in [0.15, 0.2) is 22.8 Å². The van der Waals surface area contributed by atoms with Gasteiger partial charge in [0.25, 0.3) is 0 Å². The summed E-state index contributed by atoms with van der Waals surface area (Å²) in [7, 11) is 0. The Morgan fingerprint density at radius 1 is 1.69 bits per heavy atom. The molecule has 1 aliphatic rings. The van der Waals surface area contributed by atoms with Crippen molar-refractivity contribution in [3.8, 4) is 0 Å². The molecule has 0 aliphatic carbocycles. The molecular formula is C10H15NOS. The summed E-state index contributed by atoms with van der Waals surface area (Å²) < 4.78 is 5.34. The number of nitrogens with one attached hydrogen (secondary N) is 1. The number of rotatable bonds is 3. The zero-order valence-electron chi connectivity index (χ0n) is 7.82. The Bertz CT molecular complexity index is 241. The number of thioether (sulfide) groups is 1. The van der Waals surface area contributed by atoms with Crippen LogP contribution < -0.4 is 5.32 Å². The highest BCUT2D eigenvalue weighted by Gasteiger charge is 2.18. The fourth-order valence-corrected chi connectivity index (χ4v) is 2.80. The zero-order valence-corrected chi connectivity index (χ0v) is 8.64. The van der Waals surface area contributed by atoms with Crippen molar-refractivity contribution in [1.82, 2.24) is 5.32 Å². The van der Waals surface area contributed by atoms with Crippen molar-refractivity contribution in [3.63, 3.8) is 0 Å². The van der Waals surface area contributed by atoms with Gasteiger partial charge >= 0.3 is 0 Å². The summed E-state index contributed by atoms with van der Waals surface area (Å²) in [5.74, 6) is 3.57. The Labute approximate surface area is 83.1 Å². The van der Waals surface area contributed by atoms with Crippen LogP contribution in [0.5, 0.6) is 0 Å². The van der Waals surface area contributed by atoms with E-state index in [9.17, 15) is 0 Å². The number of hydrogen-bond acceptors (Lipinski definition) is 3. The summed E-state index contributed by atoms with van der Waals surface area (Å²) in [6.45, 7) is 2.15. The molecule has 0 radical (unpaired) electrons. The SMILES string of the molecule is CC(NC1CCSC1)c1ccco1. The fourth-order valence-electron chi connectivity index (χ4n) is 1.64. The quantitative estimate of drug-likeness (QED) is 0.805. The van der Waals surface area contributed by atoms with Crippen LogP contribution in [0.3, 0.4) is 0 Å². The topological polar surface area (TPSA) is 25.2 Å². The average molecular weight is 197 g/mol. The molecule has 2 heterocycles. The summed E-state index contributed by atoms with van der Waals surface area (Å²) >= 11 is 2.03. The highest BCUT2D eigenvalue weighted by atomic mass is 32.2. The van der Waals surface area contributed by atoms with E-state index in [1.807, 2.05) is 23.9 Å². The Balaban J connectivity index is 1.87. The minimum atomic E-state index is 0.346. The third-order valence-corrected chi connectivity index (χ3v) is 3.55. The molecule has 0 amide bonds. The highest BCUT2D eigenvalue weighted by molar-refractivity contribution is 7.99. The molecule has 2 nitrogen and oxygen atoms in total. The van der Waals surface area contributed by atoms with Crippen molar-refractivity contribution < 1.29 is 4.42 Å². The van der Waals surface area contributed by atoms with E-state index in [2.05, 4.69) is 12.2 Å². The molecule has 13 heavy (non-hydrogen) atoms. The molecule has 0 bridgehead atoms. The standard InChI is InChI=1S/C10H15NOS/c1-8(10-3-2-5-12-10)11-9-4-6-13-7-9/h2-3,5,8-9,11H,4,6-7H2,1H3. The second-order valence-corrected chi connectivity index (χ2v) is 4.61. The third kappa shape index (κ3) is 2.29. The second kappa shape index (κ2) is 4.20. The minimum Gasteiger partial charge on any atom is -0.468 e. The Morgan fingerprint density at radius 2 is 2.62 bits per heavy atom. The van der Waals surface area contributed by atoms with Gasteiger partial charge in [-0.3, -0.25) is 0 Å². The largest absolute Gasteiger partial charge is 0.468 e. The van der Waals surface area contributed by atoms with E-state index in [4.69, 9.17) is 4.42 Å². The molecule has 1 aromatic rings. The molecule has 0 aromatic carbocycles. The highest BCUT2D eigenvalue weighted by Crippen LogP contribution is 2.21. The molecule has 0 spiro atoms. The van der Waals surface area contributed by atoms with Crippen molar-refractivity contribution >= 4 is 11.8 Å². The summed E-state index contributed by atoms with van der Waals surface area (Å²) in [6, 6.07) is 4.99. The lowest BCUT2D eigenvalue weighted by molar-refractivity contribution is 0.401. The van der Waals surface area contributed by atoms with Gasteiger partial charge in [0.2, 0.25) is 0 Å². The second-order valence-electron chi connectivity index (χ2n) is 3.46. The van der Waals surface area contributed by atoms with Crippen LogP contribution in [0.2, 0.25) is 0 Å². The van der Waals surface area contributed by atoms with Gasteiger partial charge in [0.15, 0.2) is 0 Å². The van der Waals surface area contributed by atoms with E-state index < -0.39 is 0 Å². The lowest BCUT2D eigenvalue weighted by atomic mass is 10.2. The van der Waals surface area contributed by atoms with Crippen LogP contribution in [0.25, 0.3) is 0 Å². The zero-order chi connectivity index (χ0) is 9.10. The number of furan rings is 1. The first-order chi connectivity index (χ1) is 6.36. The predicted octanol–water partition coefficient (Wildman–Crippen LogP) is 2.44. The maximum absolute atomic E-state index is 5.34. The first-order valence-electron chi connectivity index (χ1n) is 4.73. The summed E-state index contributed by atoms with van der Waals surface area (Å²) in [5.41, 5.74) is 0. The van der Waals surface area contributed by atoms with Crippen LogP contribution in [0.4, 0.5) is 0 Å². The van der Waals surface area contributed by atoms with E-state index in [0.717, 1.165) is 5.76 Å². The van der Waals surface area contributed by atoms with E-state index in [1.165, 1.54) is 17.9 Å². The van der Waals surface area contributed by atoms with E-state index in [-0.39, 0.29) is 0 Å². The van der Waals surface area contributed by atoms with Gasteiger partial charge < -0.3 is 9.73 Å². The van der Waals surface area contributed by atoms with Gasteiger partial charge in [0, 0.05) is 11.8 Å². The van der Waals surface area contributed by atoms with E-state index >= 15 is 0 Å². The molecule has 2 unspecified atom stereocenters. The fraction of sp³-hybridized carbons (Fsp3) is 0.600. The van der Waals surface area contributed by atoms with Crippen LogP contribution in [0.1, 0.15) is 25.1 Å². The summed E-state index contributed by atoms with van der Waals surface area (Å²) in [5, 5.41) is 3.57. The minimum absolute atomic E-state index is 0.346. The maximum atomic E-state index is 5.34. The Morgan fingerprint density at radius 3 is 3.23 bits per heavy atom. The van der Waals surface area contributed by atoms with Crippen molar-refractivity contribution in [1.29, 1.82) is 0 Å². The molecule has 1 fully saturated rings. The van der Waals surface area contributed by atoms with Gasteiger partial charge in [0.1, 0.15) is 5.76 Å². The molecule has 2 rings (SSSR count). The summed E-state index contributed by atoms with van der Waals surface area (Å²) in [6.07, 6.45) is 3.02. The monoisotopic (exact) mass is 197 g/mol. The van der Waals surface area contributed by atoms with Crippen LogP contribution in [-0.4, -0.2) is 17.5 Å². The Kier molecular flexibility index (Phi) is 2.96. The molecule has 1 aromatic heterocycles. The van der Waals surface area contributed by atoms with Crippen molar-refractivity contribution in [3.05, 3.63) is 24.2 Å². The molecule has 1 aliphatic heterocycles. The molecule has 2 atom stereocenters. The van der Waals surface area contributed by atoms with Gasteiger partial charge in [-0.15, -0.1) is 0 Å². The molecular weight excluding hydrogens is 182 g/mol. The first-order valence-corrected chi connectivity index (χ1v) is 5.89. The smallest absolute Gasteiger partial charge is 0.120 e. The predicted molar refractivity (Wildman–Crippen MR) is 56.0 cm³/mol. The van der Waals surface area contributed by atoms with Gasteiger partial charge in [-0.2, -0.15) is 11.8 Å². The number of hydrogen-bond donors (Lipinski definition) is 1. The lowest BCUT2D eigenvalue weighted by Gasteiger charge is -2.16. The van der Waals surface area contributed by atoms with Gasteiger partial charge in [0.05, 0.1) is 12.3 Å². The van der Waals surface area contributed by atoms with Crippen LogP contribution in [0, 0.1) is 0 Å². The Hall–Kier alpha value is -0.410. The first kappa shape index (κ1) is 9.16. The van der Waals surface area contributed by atoms with Crippen molar-refractivity contribution in [2.45, 2.75) is 25.4 Å². The molecule has 0 saturated carbocycles. The molecule has 1 saturated heterocycles. The third-order valence-electron chi connectivity index (χ3n) is 2.39. The van der Waals surface area contributed by atoms with Crippen molar-refractivity contribution in [2.75, 3.05) is 11.5 Å². The van der Waals surface area contributed by atoms with Crippen molar-refractivity contribution in [2.24, 2.45) is 0 Å². The summed E-state index contributed by atoms with van der Waals surface area (Å²) in [4.78, 5) is 0. The van der Waals surface area contributed by atoms with Gasteiger partial charge in [-0.05, 0) is 31.2 Å². The van der Waals surface area contributed by atoms with E-state index in [1.54, 1.807) is 6.26 Å². The molecule has 72 valence electrons. The molecule has 1 N–H and O–H groups in total. The molecule has 3 heteroatoms.